The number of halogens is 2. The maximum absolute atomic E-state index is 14.0. The third kappa shape index (κ3) is 5.97. The highest BCUT2D eigenvalue weighted by Gasteiger charge is 2.32. The molecule has 0 aromatic heterocycles. The van der Waals surface area contributed by atoms with Gasteiger partial charge < -0.3 is 15.5 Å². The minimum atomic E-state index is -0.917. The predicted molar refractivity (Wildman–Crippen MR) is 99.0 cm³/mol. The largest absolute Gasteiger partial charge is 0.355 e. The van der Waals surface area contributed by atoms with Crippen LogP contribution in [0.1, 0.15) is 25.8 Å². The van der Waals surface area contributed by atoms with Crippen LogP contribution in [-0.2, 0) is 16.1 Å². The quantitative estimate of drug-likeness (QED) is 0.672. The highest BCUT2D eigenvalue weighted by molar-refractivity contribution is 5.88. The van der Waals surface area contributed by atoms with Crippen molar-refractivity contribution in [2.24, 2.45) is 0 Å². The Morgan fingerprint density at radius 3 is 2.78 bits per heavy atom. The van der Waals surface area contributed by atoms with Crippen LogP contribution in [0.4, 0.5) is 8.78 Å². The smallest absolute Gasteiger partial charge is 0.237 e. The average molecular weight is 382 g/mol. The molecule has 1 atom stereocenters. The lowest BCUT2D eigenvalue weighted by Crippen LogP contribution is -2.56. The van der Waals surface area contributed by atoms with Crippen LogP contribution >= 0.6 is 0 Å². The monoisotopic (exact) mass is 382 g/mol. The minimum absolute atomic E-state index is 0.0129. The van der Waals surface area contributed by atoms with E-state index in [1.54, 1.807) is 4.90 Å². The van der Waals surface area contributed by atoms with Crippen LogP contribution in [0.5, 0.6) is 0 Å². The van der Waals surface area contributed by atoms with E-state index in [4.69, 9.17) is 0 Å². The van der Waals surface area contributed by atoms with Gasteiger partial charge in [0.1, 0.15) is 0 Å². The summed E-state index contributed by atoms with van der Waals surface area (Å²) in [6.07, 6.45) is -0.0129. The summed E-state index contributed by atoms with van der Waals surface area (Å²) in [6.45, 7) is 8.14. The van der Waals surface area contributed by atoms with Crippen molar-refractivity contribution in [3.05, 3.63) is 35.4 Å². The van der Waals surface area contributed by atoms with Gasteiger partial charge in [-0.1, -0.05) is 26.0 Å². The molecule has 0 saturated carbocycles. The molecule has 150 valence electrons. The molecule has 0 radical (unpaired) electrons. The topological polar surface area (TPSA) is 64.7 Å². The third-order valence-electron chi connectivity index (χ3n) is 4.87. The van der Waals surface area contributed by atoms with E-state index in [2.05, 4.69) is 29.4 Å². The van der Waals surface area contributed by atoms with Crippen molar-refractivity contribution in [3.8, 4) is 0 Å². The number of nitrogens with zero attached hydrogens (tertiary/aromatic N) is 2. The molecular weight excluding hydrogens is 354 g/mol. The number of likely N-dealkylation sites (N-methyl/N-ethyl adjacent to an activating group) is 1. The Morgan fingerprint density at radius 1 is 1.33 bits per heavy atom. The Bertz CT molecular complexity index is 653. The normalized spacial score (nSPS) is 17.8. The van der Waals surface area contributed by atoms with Gasteiger partial charge in [0.2, 0.25) is 11.8 Å². The van der Waals surface area contributed by atoms with Gasteiger partial charge in [-0.25, -0.2) is 8.78 Å². The zero-order valence-electron chi connectivity index (χ0n) is 15.9. The number of carbonyl (C=O) groups excluding carboxylic acids is 2. The van der Waals surface area contributed by atoms with Crippen LogP contribution in [0.3, 0.4) is 0 Å². The van der Waals surface area contributed by atoms with Gasteiger partial charge >= 0.3 is 0 Å². The van der Waals surface area contributed by atoms with Crippen LogP contribution in [0.2, 0.25) is 0 Å². The van der Waals surface area contributed by atoms with Crippen LogP contribution in [0, 0.1) is 11.6 Å². The highest BCUT2D eigenvalue weighted by Crippen LogP contribution is 2.18. The summed E-state index contributed by atoms with van der Waals surface area (Å²) in [5, 5.41) is 5.57. The minimum Gasteiger partial charge on any atom is -0.355 e. The molecule has 2 N–H and O–H groups in total. The number of piperazine rings is 1. The van der Waals surface area contributed by atoms with Gasteiger partial charge in [0.25, 0.3) is 0 Å². The molecule has 1 saturated heterocycles. The number of rotatable bonds is 9. The maximum Gasteiger partial charge on any atom is 0.237 e. The number of benzene rings is 1. The molecule has 1 aromatic carbocycles. The lowest BCUT2D eigenvalue weighted by Gasteiger charge is -2.34. The van der Waals surface area contributed by atoms with Gasteiger partial charge in [-0.05, 0) is 19.2 Å². The van der Waals surface area contributed by atoms with E-state index in [1.807, 2.05) is 0 Å². The Morgan fingerprint density at radius 2 is 2.07 bits per heavy atom. The SMILES string of the molecule is CCN(CC)CCNC(=O)C[C@H]1C(=O)NCCN1Cc1cccc(F)c1F. The molecule has 0 unspecified atom stereocenters. The first-order valence-corrected chi connectivity index (χ1v) is 9.39. The second kappa shape index (κ2) is 10.3. The standard InChI is InChI=1S/C19H28F2N4O2/c1-3-24(4-2)10-8-22-17(26)12-16-19(27)23-9-11-25(16)13-14-6-5-7-15(20)18(14)21/h5-7,16H,3-4,8-13H2,1-2H3,(H,22,26)(H,23,27)/t16-/m0/s1. The molecule has 1 aromatic rings. The number of hydrogen-bond acceptors (Lipinski definition) is 4. The van der Waals surface area contributed by atoms with E-state index in [0.29, 0.717) is 19.6 Å². The van der Waals surface area contributed by atoms with Crippen molar-refractivity contribution in [2.75, 3.05) is 39.3 Å². The number of hydrogen-bond donors (Lipinski definition) is 2. The summed E-state index contributed by atoms with van der Waals surface area (Å²) in [6, 6.07) is 3.29. The lowest BCUT2D eigenvalue weighted by molar-refractivity contribution is -0.134. The first-order valence-electron chi connectivity index (χ1n) is 9.39. The van der Waals surface area contributed by atoms with E-state index >= 15 is 0 Å². The fourth-order valence-electron chi connectivity index (χ4n) is 3.20. The van der Waals surface area contributed by atoms with Crippen molar-refractivity contribution >= 4 is 11.8 Å². The second-order valence-electron chi connectivity index (χ2n) is 6.57. The zero-order valence-corrected chi connectivity index (χ0v) is 15.9. The van der Waals surface area contributed by atoms with E-state index in [1.165, 1.54) is 12.1 Å². The van der Waals surface area contributed by atoms with Crippen molar-refractivity contribution in [1.29, 1.82) is 0 Å². The molecule has 0 spiro atoms. The van der Waals surface area contributed by atoms with Crippen molar-refractivity contribution in [2.45, 2.75) is 32.9 Å². The third-order valence-corrected chi connectivity index (χ3v) is 4.87. The summed E-state index contributed by atoms with van der Waals surface area (Å²) in [5.74, 6) is -2.32. The van der Waals surface area contributed by atoms with E-state index < -0.39 is 17.7 Å². The van der Waals surface area contributed by atoms with E-state index in [-0.39, 0.29) is 30.3 Å². The van der Waals surface area contributed by atoms with Crippen molar-refractivity contribution < 1.29 is 18.4 Å². The number of amides is 2. The Labute approximate surface area is 158 Å². The lowest BCUT2D eigenvalue weighted by atomic mass is 10.1. The van der Waals surface area contributed by atoms with E-state index in [9.17, 15) is 18.4 Å². The molecule has 6 nitrogen and oxygen atoms in total. The number of carbonyl (C=O) groups is 2. The zero-order chi connectivity index (χ0) is 19.8. The van der Waals surface area contributed by atoms with Gasteiger partial charge in [-0.2, -0.15) is 0 Å². The summed E-state index contributed by atoms with van der Waals surface area (Å²) in [5.41, 5.74) is 0.177. The Kier molecular flexibility index (Phi) is 8.12. The van der Waals surface area contributed by atoms with Gasteiger partial charge in [0.05, 0.1) is 12.5 Å². The molecule has 27 heavy (non-hydrogen) atoms. The van der Waals surface area contributed by atoms with Crippen molar-refractivity contribution in [1.82, 2.24) is 20.4 Å². The molecule has 8 heteroatoms. The maximum atomic E-state index is 14.0. The van der Waals surface area contributed by atoms with Crippen LogP contribution in [0.25, 0.3) is 0 Å². The van der Waals surface area contributed by atoms with Crippen molar-refractivity contribution in [3.63, 3.8) is 0 Å². The molecule has 1 heterocycles. The Hall–Kier alpha value is -2.06. The first-order chi connectivity index (χ1) is 13.0. The first kappa shape index (κ1) is 21.2. The van der Waals surface area contributed by atoms with Crippen LogP contribution in [0.15, 0.2) is 18.2 Å². The van der Waals surface area contributed by atoms with Crippen LogP contribution < -0.4 is 10.6 Å². The summed E-state index contributed by atoms with van der Waals surface area (Å²) in [4.78, 5) is 28.4. The predicted octanol–water partition coefficient (Wildman–Crippen LogP) is 1.11. The molecule has 2 amide bonds. The molecule has 0 aliphatic carbocycles. The second-order valence-corrected chi connectivity index (χ2v) is 6.57. The van der Waals surface area contributed by atoms with Gasteiger partial charge in [0.15, 0.2) is 11.6 Å². The van der Waals surface area contributed by atoms with Gasteiger partial charge in [-0.3, -0.25) is 14.5 Å². The molecule has 2 rings (SSSR count). The fourth-order valence-corrected chi connectivity index (χ4v) is 3.20. The summed E-state index contributed by atoms with van der Waals surface area (Å²) >= 11 is 0. The molecule has 0 bridgehead atoms. The van der Waals surface area contributed by atoms with Crippen LogP contribution in [-0.4, -0.2) is 66.9 Å². The average Bonchev–Trinajstić information content (AvgIpc) is 2.65. The summed E-state index contributed by atoms with van der Waals surface area (Å²) in [7, 11) is 0. The molecule has 1 aliphatic rings. The summed E-state index contributed by atoms with van der Waals surface area (Å²) < 4.78 is 27.4. The van der Waals surface area contributed by atoms with Gasteiger partial charge in [0, 0.05) is 38.3 Å². The fraction of sp³-hybridized carbons (Fsp3) is 0.579. The molecule has 1 fully saturated rings. The Balaban J connectivity index is 1.96. The van der Waals surface area contributed by atoms with E-state index in [0.717, 1.165) is 25.7 Å². The molecule has 1 aliphatic heterocycles. The number of nitrogens with one attached hydrogen (secondary N) is 2. The molecular formula is C19H28F2N4O2. The van der Waals surface area contributed by atoms with Gasteiger partial charge in [-0.15, -0.1) is 0 Å². The highest BCUT2D eigenvalue weighted by atomic mass is 19.2.